The second-order valence-corrected chi connectivity index (χ2v) is 6.02. The minimum atomic E-state index is -0.103. The lowest BCUT2D eigenvalue weighted by Gasteiger charge is -2.12. The first-order chi connectivity index (χ1) is 12.1. The van der Waals surface area contributed by atoms with Gasteiger partial charge in [0.1, 0.15) is 5.69 Å². The first-order valence-corrected chi connectivity index (χ1v) is 8.48. The second kappa shape index (κ2) is 7.57. The van der Waals surface area contributed by atoms with Gasteiger partial charge in [-0.05, 0) is 25.0 Å². The molecule has 0 atom stereocenters. The minimum Gasteiger partial charge on any atom is -0.380 e. The molecule has 3 rings (SSSR count). The van der Waals surface area contributed by atoms with Crippen LogP contribution in [0.15, 0.2) is 35.4 Å². The Hall–Kier alpha value is -2.54. The van der Waals surface area contributed by atoms with Gasteiger partial charge in [-0.1, -0.05) is 19.1 Å². The maximum atomic E-state index is 12.5. The number of hydrogen-bond acceptors (Lipinski definition) is 5. The molecule has 0 saturated heterocycles. The summed E-state index contributed by atoms with van der Waals surface area (Å²) < 4.78 is 7.25. The van der Waals surface area contributed by atoms with Crippen LogP contribution in [0.4, 0.5) is 0 Å². The van der Waals surface area contributed by atoms with Crippen molar-refractivity contribution < 1.29 is 4.74 Å². The van der Waals surface area contributed by atoms with E-state index in [1.54, 1.807) is 17.7 Å². The van der Waals surface area contributed by atoms with Gasteiger partial charge >= 0.3 is 0 Å². The van der Waals surface area contributed by atoms with Crippen LogP contribution in [0.3, 0.4) is 0 Å². The largest absolute Gasteiger partial charge is 0.380 e. The predicted molar refractivity (Wildman–Crippen MR) is 101 cm³/mol. The first-order valence-electron chi connectivity index (χ1n) is 8.48. The van der Waals surface area contributed by atoms with E-state index in [0.717, 1.165) is 23.1 Å². The summed E-state index contributed by atoms with van der Waals surface area (Å²) in [5, 5.41) is 0. The molecule has 25 heavy (non-hydrogen) atoms. The highest BCUT2D eigenvalue weighted by molar-refractivity contribution is 6.30. The molecule has 3 aromatic heterocycles. The number of rotatable bonds is 6. The highest BCUT2D eigenvalue weighted by Gasteiger charge is 2.11. The van der Waals surface area contributed by atoms with E-state index in [4.69, 9.17) is 4.74 Å². The predicted octanol–water partition coefficient (Wildman–Crippen LogP) is 0.847. The average Bonchev–Trinajstić information content (AvgIpc) is 2.62. The smallest absolute Gasteiger partial charge is 0.272 e. The van der Waals surface area contributed by atoms with E-state index in [1.165, 1.54) is 0 Å². The molecule has 0 aliphatic heterocycles. The number of nitrogens with zero attached hydrogens (tertiary/aromatic N) is 4. The van der Waals surface area contributed by atoms with Crippen LogP contribution in [0, 0.1) is 6.92 Å². The Bertz CT molecular complexity index is 938. The van der Waals surface area contributed by atoms with Crippen molar-refractivity contribution in [3.8, 4) is 11.1 Å². The molecule has 0 aromatic carbocycles. The van der Waals surface area contributed by atoms with Gasteiger partial charge in [-0.25, -0.2) is 9.97 Å². The Kier molecular flexibility index (Phi) is 5.24. The van der Waals surface area contributed by atoms with Crippen molar-refractivity contribution in [2.45, 2.75) is 26.8 Å². The molecule has 0 spiro atoms. The summed E-state index contributed by atoms with van der Waals surface area (Å²) >= 11 is 0. The second-order valence-electron chi connectivity index (χ2n) is 6.02. The van der Waals surface area contributed by atoms with Crippen LogP contribution in [0.25, 0.3) is 22.3 Å². The topological polar surface area (TPSA) is 69.9 Å². The lowest BCUT2D eigenvalue weighted by molar-refractivity contribution is 0.127. The van der Waals surface area contributed by atoms with Crippen LogP contribution < -0.4 is 11.2 Å². The molecule has 3 heterocycles. The normalized spacial score (nSPS) is 11.1. The van der Waals surface area contributed by atoms with Gasteiger partial charge in [0.25, 0.3) is 5.56 Å². The SMILES string of the molecule is Bc1ccc(-c2cnc3nc(C)c(=O)n(CCOCCC)c3c2)cn1. The number of fused-ring (bicyclic) bond motifs is 1. The van der Waals surface area contributed by atoms with Crippen LogP contribution in [0.2, 0.25) is 0 Å². The first kappa shape index (κ1) is 17.3. The lowest BCUT2D eigenvalue weighted by Crippen LogP contribution is -2.26. The number of hydrogen-bond donors (Lipinski definition) is 0. The van der Waals surface area contributed by atoms with E-state index in [9.17, 15) is 4.79 Å². The summed E-state index contributed by atoms with van der Waals surface area (Å²) in [7, 11) is 1.95. The Morgan fingerprint density at radius 3 is 2.68 bits per heavy atom. The summed E-state index contributed by atoms with van der Waals surface area (Å²) in [6, 6.07) is 5.90. The van der Waals surface area contributed by atoms with Crippen molar-refractivity contribution >= 4 is 24.6 Å². The fourth-order valence-corrected chi connectivity index (χ4v) is 2.66. The number of aromatic nitrogens is 4. The van der Waals surface area contributed by atoms with Crippen molar-refractivity contribution in [3.63, 3.8) is 0 Å². The van der Waals surface area contributed by atoms with E-state index in [-0.39, 0.29) is 5.56 Å². The standard InChI is InChI=1S/C18H21BN4O2/c1-3-7-25-8-6-23-15-9-14(13-4-5-16(19)20-10-13)11-21-17(15)22-12(2)18(23)24/h4-5,9-11H,3,6-8,19H2,1-2H3. The molecule has 0 bridgehead atoms. The van der Waals surface area contributed by atoms with E-state index in [2.05, 4.69) is 21.9 Å². The molecule has 128 valence electrons. The molecule has 0 N–H and O–H groups in total. The third-order valence-corrected chi connectivity index (χ3v) is 4.02. The van der Waals surface area contributed by atoms with Crippen molar-refractivity contribution in [2.75, 3.05) is 13.2 Å². The van der Waals surface area contributed by atoms with E-state index >= 15 is 0 Å². The minimum absolute atomic E-state index is 0.103. The fraction of sp³-hybridized carbons (Fsp3) is 0.333. The molecule has 7 heteroatoms. The van der Waals surface area contributed by atoms with Gasteiger partial charge in [0.2, 0.25) is 0 Å². The van der Waals surface area contributed by atoms with Gasteiger partial charge in [-0.15, -0.1) is 0 Å². The average molecular weight is 336 g/mol. The Balaban J connectivity index is 2.05. The van der Waals surface area contributed by atoms with Crippen molar-refractivity contribution in [2.24, 2.45) is 0 Å². The molecule has 0 unspecified atom stereocenters. The molecular weight excluding hydrogens is 315 g/mol. The van der Waals surface area contributed by atoms with Crippen LogP contribution in [-0.2, 0) is 11.3 Å². The van der Waals surface area contributed by atoms with Gasteiger partial charge in [-0.3, -0.25) is 9.78 Å². The fourth-order valence-electron chi connectivity index (χ4n) is 2.66. The summed E-state index contributed by atoms with van der Waals surface area (Å²) in [6.45, 7) is 5.43. The summed E-state index contributed by atoms with van der Waals surface area (Å²) in [4.78, 5) is 25.6. The molecule has 6 nitrogen and oxygen atoms in total. The quantitative estimate of drug-likeness (QED) is 0.493. The highest BCUT2D eigenvalue weighted by atomic mass is 16.5. The maximum absolute atomic E-state index is 12.5. The van der Waals surface area contributed by atoms with Crippen LogP contribution >= 0.6 is 0 Å². The van der Waals surface area contributed by atoms with Gasteiger partial charge < -0.3 is 9.30 Å². The van der Waals surface area contributed by atoms with Gasteiger partial charge in [-0.2, -0.15) is 0 Å². The van der Waals surface area contributed by atoms with Crippen molar-refractivity contribution in [3.05, 3.63) is 46.6 Å². The zero-order valence-electron chi connectivity index (χ0n) is 14.8. The third-order valence-electron chi connectivity index (χ3n) is 4.02. The third kappa shape index (κ3) is 3.77. The zero-order valence-corrected chi connectivity index (χ0v) is 14.8. The summed E-state index contributed by atoms with van der Waals surface area (Å²) in [6.07, 6.45) is 4.53. The number of ether oxygens (including phenoxy) is 1. The molecule has 0 fully saturated rings. The molecule has 0 aliphatic carbocycles. The van der Waals surface area contributed by atoms with Crippen molar-refractivity contribution in [1.82, 2.24) is 19.5 Å². The van der Waals surface area contributed by atoms with Crippen LogP contribution in [-0.4, -0.2) is 40.6 Å². The molecule has 3 aromatic rings. The molecular formula is C18H21BN4O2. The lowest BCUT2D eigenvalue weighted by atomic mass is 10.0. The van der Waals surface area contributed by atoms with E-state index in [1.807, 2.05) is 32.2 Å². The molecule has 0 saturated carbocycles. The number of pyridine rings is 2. The van der Waals surface area contributed by atoms with E-state index < -0.39 is 0 Å². The summed E-state index contributed by atoms with van der Waals surface area (Å²) in [5.41, 5.74) is 4.45. The van der Waals surface area contributed by atoms with Gasteiger partial charge in [0.05, 0.1) is 12.1 Å². The zero-order chi connectivity index (χ0) is 17.8. The Labute approximate surface area is 147 Å². The monoisotopic (exact) mass is 336 g/mol. The molecule has 0 aliphatic rings. The molecule has 0 amide bonds. The van der Waals surface area contributed by atoms with Gasteiger partial charge in [0, 0.05) is 36.7 Å². The molecule has 0 radical (unpaired) electrons. The highest BCUT2D eigenvalue weighted by Crippen LogP contribution is 2.20. The maximum Gasteiger partial charge on any atom is 0.272 e. The van der Waals surface area contributed by atoms with E-state index in [0.29, 0.717) is 36.6 Å². The van der Waals surface area contributed by atoms with Crippen molar-refractivity contribution in [1.29, 1.82) is 0 Å². The number of aryl methyl sites for hydroxylation is 1. The van der Waals surface area contributed by atoms with Crippen LogP contribution in [0.1, 0.15) is 19.0 Å². The van der Waals surface area contributed by atoms with Gasteiger partial charge in [0.15, 0.2) is 13.5 Å². The summed E-state index contributed by atoms with van der Waals surface area (Å²) in [5.74, 6) is 0. The Morgan fingerprint density at radius 2 is 1.96 bits per heavy atom. The Morgan fingerprint density at radius 1 is 1.16 bits per heavy atom. The van der Waals surface area contributed by atoms with Crippen LogP contribution in [0.5, 0.6) is 0 Å².